The minimum atomic E-state index is -1.83. The summed E-state index contributed by atoms with van der Waals surface area (Å²) in [6.45, 7) is 11.7. The average molecular weight is 417 g/mol. The maximum Gasteiger partial charge on any atom is 0.192 e. The van der Waals surface area contributed by atoms with Crippen LogP contribution in [-0.4, -0.2) is 18.3 Å². The van der Waals surface area contributed by atoms with Gasteiger partial charge in [0.1, 0.15) is 17.7 Å². The van der Waals surface area contributed by atoms with Gasteiger partial charge < -0.3 is 9.74 Å². The molecule has 0 aliphatic carbocycles. The Kier molecular flexibility index (Phi) is 6.35. The van der Waals surface area contributed by atoms with Crippen molar-refractivity contribution in [1.29, 1.82) is 5.26 Å². The summed E-state index contributed by atoms with van der Waals surface area (Å²) >= 11 is 0. The first-order valence-electron chi connectivity index (χ1n) is 10.0. The Labute approximate surface area is 179 Å². The average Bonchev–Trinajstić information content (AvgIpc) is 2.73. The van der Waals surface area contributed by atoms with E-state index >= 15 is 0 Å². The molecule has 1 aromatic carbocycles. The van der Waals surface area contributed by atoms with Gasteiger partial charge in [0.15, 0.2) is 8.32 Å². The van der Waals surface area contributed by atoms with Gasteiger partial charge in [0, 0.05) is 18.0 Å². The van der Waals surface area contributed by atoms with Crippen LogP contribution >= 0.6 is 0 Å². The predicted octanol–water partition coefficient (Wildman–Crippen LogP) is 6.28. The highest BCUT2D eigenvalue weighted by molar-refractivity contribution is 6.74. The number of aromatic nitrogens is 2. The van der Waals surface area contributed by atoms with Gasteiger partial charge in [-0.2, -0.15) is 5.26 Å². The Hall–Kier alpha value is -3.01. The Bertz CT molecular complexity index is 1050. The highest BCUT2D eigenvalue weighted by Gasteiger charge is 2.37. The van der Waals surface area contributed by atoms with E-state index in [1.54, 1.807) is 12.4 Å². The first-order chi connectivity index (χ1) is 14.2. The number of pyridine rings is 2. The molecule has 0 radical (unpaired) electrons. The van der Waals surface area contributed by atoms with Crippen molar-refractivity contribution < 1.29 is 4.43 Å². The summed E-state index contributed by atoms with van der Waals surface area (Å²) in [5, 5.41) is 12.9. The molecule has 0 spiro atoms. The maximum atomic E-state index is 9.61. The molecule has 154 valence electrons. The van der Waals surface area contributed by atoms with Crippen LogP contribution in [0.3, 0.4) is 0 Å². The van der Waals surface area contributed by atoms with Gasteiger partial charge in [-0.25, -0.2) is 9.97 Å². The second kappa shape index (κ2) is 8.78. The normalized spacial score (nSPS) is 11.7. The lowest BCUT2D eigenvalue weighted by Gasteiger charge is -2.36. The van der Waals surface area contributed by atoms with Gasteiger partial charge in [0.2, 0.25) is 0 Å². The summed E-state index contributed by atoms with van der Waals surface area (Å²) in [6.07, 6.45) is 3.51. The molecule has 0 aliphatic rings. The molecule has 1 N–H and O–H groups in total. The maximum absolute atomic E-state index is 9.61. The number of nitriles is 1. The standard InChI is InChI=1S/C24H28N4OSi/c1-24(2,3)30(4,5)29-17-18-11-12-26-22(13-18)28-23-20(15-25)14-21(16-27-23)19-9-7-6-8-10-19/h6-14,16H,17H2,1-5H3,(H,26,27,28). The van der Waals surface area contributed by atoms with E-state index in [0.717, 1.165) is 16.7 Å². The lowest BCUT2D eigenvalue weighted by atomic mass is 10.1. The molecule has 0 bridgehead atoms. The van der Waals surface area contributed by atoms with Crippen molar-refractivity contribution >= 4 is 20.0 Å². The third-order valence-electron chi connectivity index (χ3n) is 5.59. The summed E-state index contributed by atoms with van der Waals surface area (Å²) in [5.41, 5.74) is 3.44. The molecule has 2 heterocycles. The van der Waals surface area contributed by atoms with Crippen molar-refractivity contribution in [3.8, 4) is 17.2 Å². The molecule has 0 amide bonds. The Morgan fingerprint density at radius 3 is 2.43 bits per heavy atom. The largest absolute Gasteiger partial charge is 0.413 e. The Balaban J connectivity index is 1.77. The van der Waals surface area contributed by atoms with Gasteiger partial charge in [-0.05, 0) is 47.5 Å². The van der Waals surface area contributed by atoms with Gasteiger partial charge in [0.05, 0.1) is 12.2 Å². The third kappa shape index (κ3) is 5.12. The van der Waals surface area contributed by atoms with Crippen LogP contribution < -0.4 is 5.32 Å². The topological polar surface area (TPSA) is 70.8 Å². The van der Waals surface area contributed by atoms with Crippen molar-refractivity contribution in [2.45, 2.75) is 45.5 Å². The molecule has 3 aromatic rings. The van der Waals surface area contributed by atoms with Crippen LogP contribution in [0, 0.1) is 11.3 Å². The van der Waals surface area contributed by atoms with E-state index in [0.29, 0.717) is 23.8 Å². The monoisotopic (exact) mass is 416 g/mol. The number of nitrogens with zero attached hydrogens (tertiary/aromatic N) is 3. The Morgan fingerprint density at radius 2 is 1.77 bits per heavy atom. The number of hydrogen-bond donors (Lipinski definition) is 1. The van der Waals surface area contributed by atoms with Crippen LogP contribution in [-0.2, 0) is 11.0 Å². The van der Waals surface area contributed by atoms with Gasteiger partial charge in [-0.15, -0.1) is 0 Å². The van der Waals surface area contributed by atoms with Crippen LogP contribution in [0.2, 0.25) is 18.1 Å². The molecular formula is C24H28N4OSi. The highest BCUT2D eigenvalue weighted by Crippen LogP contribution is 2.37. The summed E-state index contributed by atoms with van der Waals surface area (Å²) in [5.74, 6) is 1.13. The zero-order chi connectivity index (χ0) is 21.8. The zero-order valence-corrected chi connectivity index (χ0v) is 19.2. The predicted molar refractivity (Wildman–Crippen MR) is 124 cm³/mol. The molecule has 3 rings (SSSR count). The number of anilines is 2. The molecule has 0 fully saturated rings. The highest BCUT2D eigenvalue weighted by atomic mass is 28.4. The molecule has 6 heteroatoms. The van der Waals surface area contributed by atoms with Crippen LogP contribution in [0.15, 0.2) is 60.9 Å². The van der Waals surface area contributed by atoms with E-state index in [1.807, 2.05) is 48.5 Å². The molecule has 30 heavy (non-hydrogen) atoms. The Morgan fingerprint density at radius 1 is 1.03 bits per heavy atom. The van der Waals surface area contributed by atoms with Crippen LogP contribution in [0.1, 0.15) is 31.9 Å². The summed E-state index contributed by atoms with van der Waals surface area (Å²) in [4.78, 5) is 8.85. The first-order valence-corrected chi connectivity index (χ1v) is 12.9. The molecule has 0 atom stereocenters. The quantitative estimate of drug-likeness (QED) is 0.479. The molecule has 5 nitrogen and oxygen atoms in total. The smallest absolute Gasteiger partial charge is 0.192 e. The van der Waals surface area contributed by atoms with Gasteiger partial charge in [0.25, 0.3) is 0 Å². The third-order valence-corrected chi connectivity index (χ3v) is 10.1. The van der Waals surface area contributed by atoms with Crippen LogP contribution in [0.4, 0.5) is 11.6 Å². The fourth-order valence-electron chi connectivity index (χ4n) is 2.67. The first kappa shape index (κ1) is 21.7. The fourth-order valence-corrected chi connectivity index (χ4v) is 3.63. The molecule has 2 aromatic heterocycles. The van der Waals surface area contributed by atoms with E-state index in [2.05, 4.69) is 55.2 Å². The lowest BCUT2D eigenvalue weighted by Crippen LogP contribution is -2.40. The van der Waals surface area contributed by atoms with Crippen molar-refractivity contribution in [2.75, 3.05) is 5.32 Å². The number of rotatable bonds is 6. The van der Waals surface area contributed by atoms with E-state index in [-0.39, 0.29) is 5.04 Å². The van der Waals surface area contributed by atoms with E-state index < -0.39 is 8.32 Å². The number of nitrogens with one attached hydrogen (secondary N) is 1. The van der Waals surface area contributed by atoms with E-state index in [1.165, 1.54) is 0 Å². The molecule has 0 saturated carbocycles. The van der Waals surface area contributed by atoms with Crippen molar-refractivity contribution in [3.63, 3.8) is 0 Å². The number of benzene rings is 1. The zero-order valence-electron chi connectivity index (χ0n) is 18.2. The second-order valence-electron chi connectivity index (χ2n) is 8.82. The molecule has 0 aliphatic heterocycles. The van der Waals surface area contributed by atoms with E-state index in [4.69, 9.17) is 4.43 Å². The molecule has 0 saturated heterocycles. The minimum Gasteiger partial charge on any atom is -0.413 e. The van der Waals surface area contributed by atoms with E-state index in [9.17, 15) is 5.26 Å². The van der Waals surface area contributed by atoms with Gasteiger partial charge in [-0.3, -0.25) is 0 Å². The second-order valence-corrected chi connectivity index (χ2v) is 13.6. The number of hydrogen-bond acceptors (Lipinski definition) is 5. The lowest BCUT2D eigenvalue weighted by molar-refractivity contribution is 0.276. The van der Waals surface area contributed by atoms with Crippen molar-refractivity contribution in [3.05, 3.63) is 72.1 Å². The molecular weight excluding hydrogens is 388 g/mol. The van der Waals surface area contributed by atoms with Crippen molar-refractivity contribution in [2.24, 2.45) is 0 Å². The summed E-state index contributed by atoms with van der Waals surface area (Å²) < 4.78 is 6.31. The fraction of sp³-hybridized carbons (Fsp3) is 0.292. The van der Waals surface area contributed by atoms with Gasteiger partial charge in [-0.1, -0.05) is 51.1 Å². The van der Waals surface area contributed by atoms with Crippen LogP contribution in [0.5, 0.6) is 0 Å². The van der Waals surface area contributed by atoms with Crippen molar-refractivity contribution in [1.82, 2.24) is 9.97 Å². The van der Waals surface area contributed by atoms with Crippen LogP contribution in [0.25, 0.3) is 11.1 Å². The van der Waals surface area contributed by atoms with Gasteiger partial charge >= 0.3 is 0 Å². The summed E-state index contributed by atoms with van der Waals surface area (Å²) in [6, 6.07) is 17.9. The summed E-state index contributed by atoms with van der Waals surface area (Å²) in [7, 11) is -1.83. The SMILES string of the molecule is CC(C)(C)[Si](C)(C)OCc1ccnc(Nc2ncc(-c3ccccc3)cc2C#N)c1. The molecule has 0 unspecified atom stereocenters. The minimum absolute atomic E-state index is 0.160.